The molecule has 0 aliphatic heterocycles. The Balaban J connectivity index is 2.07. The van der Waals surface area contributed by atoms with E-state index in [1.807, 2.05) is 36.7 Å². The largest absolute Gasteiger partial charge is 0.496 e. The van der Waals surface area contributed by atoms with Crippen LogP contribution in [0.3, 0.4) is 0 Å². The number of hydrogen-bond donors (Lipinski definition) is 1. The maximum Gasteiger partial charge on any atom is 0.133 e. The molecule has 0 radical (unpaired) electrons. The van der Waals surface area contributed by atoms with E-state index in [1.54, 1.807) is 7.11 Å². The highest BCUT2D eigenvalue weighted by molar-refractivity contribution is 9.10. The summed E-state index contributed by atoms with van der Waals surface area (Å²) in [5, 5.41) is 3.37. The van der Waals surface area contributed by atoms with Gasteiger partial charge in [-0.2, -0.15) is 0 Å². The van der Waals surface area contributed by atoms with Crippen LogP contribution in [0.4, 0.5) is 5.69 Å². The quantitative estimate of drug-likeness (QED) is 0.933. The SMILES string of the molecule is COc1ccc(NCc2cnccc2C)cc1Br. The summed E-state index contributed by atoms with van der Waals surface area (Å²) in [7, 11) is 1.66. The van der Waals surface area contributed by atoms with Gasteiger partial charge in [-0.05, 0) is 58.2 Å². The summed E-state index contributed by atoms with van der Waals surface area (Å²) in [6.07, 6.45) is 3.70. The van der Waals surface area contributed by atoms with E-state index < -0.39 is 0 Å². The molecule has 0 unspecified atom stereocenters. The van der Waals surface area contributed by atoms with Crippen LogP contribution in [0.2, 0.25) is 0 Å². The van der Waals surface area contributed by atoms with E-state index in [0.717, 1.165) is 22.5 Å². The first-order chi connectivity index (χ1) is 8.70. The van der Waals surface area contributed by atoms with E-state index in [-0.39, 0.29) is 0 Å². The molecule has 2 rings (SSSR count). The molecule has 0 spiro atoms. The zero-order valence-electron chi connectivity index (χ0n) is 10.4. The van der Waals surface area contributed by atoms with Gasteiger partial charge in [0.2, 0.25) is 0 Å². The number of nitrogens with one attached hydrogen (secondary N) is 1. The fourth-order valence-corrected chi connectivity index (χ4v) is 2.20. The molecule has 0 aliphatic carbocycles. The number of pyridine rings is 1. The summed E-state index contributed by atoms with van der Waals surface area (Å²) < 4.78 is 6.14. The lowest BCUT2D eigenvalue weighted by atomic mass is 10.1. The van der Waals surface area contributed by atoms with E-state index in [4.69, 9.17) is 4.74 Å². The van der Waals surface area contributed by atoms with Gasteiger partial charge in [0.15, 0.2) is 0 Å². The Morgan fingerprint density at radius 1 is 1.33 bits per heavy atom. The van der Waals surface area contributed by atoms with Crippen molar-refractivity contribution in [1.82, 2.24) is 4.98 Å². The second kappa shape index (κ2) is 5.87. The van der Waals surface area contributed by atoms with E-state index >= 15 is 0 Å². The number of halogens is 1. The van der Waals surface area contributed by atoms with Gasteiger partial charge in [-0.25, -0.2) is 0 Å². The molecule has 0 aliphatic rings. The van der Waals surface area contributed by atoms with Gasteiger partial charge in [0.25, 0.3) is 0 Å². The van der Waals surface area contributed by atoms with E-state index in [2.05, 4.69) is 33.2 Å². The predicted octanol–water partition coefficient (Wildman–Crippen LogP) is 3.77. The van der Waals surface area contributed by atoms with Gasteiger partial charge >= 0.3 is 0 Å². The third-order valence-corrected chi connectivity index (χ3v) is 3.40. The minimum Gasteiger partial charge on any atom is -0.496 e. The number of anilines is 1. The predicted molar refractivity (Wildman–Crippen MR) is 77.0 cm³/mol. The molecular weight excluding hydrogens is 292 g/mol. The number of methoxy groups -OCH3 is 1. The first-order valence-corrected chi connectivity index (χ1v) is 6.47. The van der Waals surface area contributed by atoms with Crippen molar-refractivity contribution in [2.75, 3.05) is 12.4 Å². The van der Waals surface area contributed by atoms with Crippen molar-refractivity contribution >= 4 is 21.6 Å². The Hall–Kier alpha value is -1.55. The summed E-state index contributed by atoms with van der Waals surface area (Å²) in [6.45, 7) is 2.85. The van der Waals surface area contributed by atoms with Crippen LogP contribution in [0.15, 0.2) is 41.1 Å². The van der Waals surface area contributed by atoms with Crippen molar-refractivity contribution < 1.29 is 4.74 Å². The summed E-state index contributed by atoms with van der Waals surface area (Å²) in [4.78, 5) is 4.13. The molecule has 18 heavy (non-hydrogen) atoms. The van der Waals surface area contributed by atoms with Crippen LogP contribution in [0.5, 0.6) is 5.75 Å². The third-order valence-electron chi connectivity index (χ3n) is 2.78. The minimum absolute atomic E-state index is 0.762. The molecule has 2 aromatic rings. The lowest BCUT2D eigenvalue weighted by molar-refractivity contribution is 0.412. The summed E-state index contributed by atoms with van der Waals surface area (Å²) in [5.74, 6) is 0.832. The van der Waals surface area contributed by atoms with Gasteiger partial charge in [0, 0.05) is 24.6 Å². The standard InChI is InChI=1S/C14H15BrN2O/c1-10-5-6-16-8-11(10)9-17-12-3-4-14(18-2)13(15)7-12/h3-8,17H,9H2,1-2H3. The van der Waals surface area contributed by atoms with Gasteiger partial charge < -0.3 is 10.1 Å². The Bertz CT molecular complexity index is 543. The van der Waals surface area contributed by atoms with Crippen LogP contribution in [0.1, 0.15) is 11.1 Å². The van der Waals surface area contributed by atoms with Crippen LogP contribution in [0, 0.1) is 6.92 Å². The Morgan fingerprint density at radius 2 is 2.17 bits per heavy atom. The zero-order valence-corrected chi connectivity index (χ0v) is 12.0. The van der Waals surface area contributed by atoms with Gasteiger partial charge in [0.05, 0.1) is 11.6 Å². The zero-order chi connectivity index (χ0) is 13.0. The van der Waals surface area contributed by atoms with Crippen LogP contribution < -0.4 is 10.1 Å². The fraction of sp³-hybridized carbons (Fsp3) is 0.214. The molecule has 4 heteroatoms. The first kappa shape index (κ1) is 12.9. The fourth-order valence-electron chi connectivity index (χ4n) is 1.66. The van der Waals surface area contributed by atoms with Crippen molar-refractivity contribution in [2.24, 2.45) is 0 Å². The number of aromatic nitrogens is 1. The molecule has 0 fully saturated rings. The molecular formula is C14H15BrN2O. The Labute approximate surface area is 115 Å². The lowest BCUT2D eigenvalue weighted by Gasteiger charge is -2.10. The maximum atomic E-state index is 5.20. The van der Waals surface area contributed by atoms with Crippen LogP contribution >= 0.6 is 15.9 Å². The van der Waals surface area contributed by atoms with Gasteiger partial charge in [-0.1, -0.05) is 0 Å². The molecule has 3 nitrogen and oxygen atoms in total. The van der Waals surface area contributed by atoms with Gasteiger partial charge in [-0.15, -0.1) is 0 Å². The second-order valence-corrected chi connectivity index (χ2v) is 4.86. The lowest BCUT2D eigenvalue weighted by Crippen LogP contribution is -2.01. The van der Waals surface area contributed by atoms with Crippen LogP contribution in [-0.4, -0.2) is 12.1 Å². The van der Waals surface area contributed by atoms with Gasteiger partial charge in [-0.3, -0.25) is 4.98 Å². The summed E-state index contributed by atoms with van der Waals surface area (Å²) >= 11 is 3.47. The Morgan fingerprint density at radius 3 is 2.83 bits per heavy atom. The van der Waals surface area contributed by atoms with Crippen molar-refractivity contribution in [2.45, 2.75) is 13.5 Å². The topological polar surface area (TPSA) is 34.1 Å². The van der Waals surface area contributed by atoms with Gasteiger partial charge in [0.1, 0.15) is 5.75 Å². The number of rotatable bonds is 4. The smallest absolute Gasteiger partial charge is 0.133 e. The molecule has 0 amide bonds. The third kappa shape index (κ3) is 3.01. The average molecular weight is 307 g/mol. The number of aryl methyl sites for hydroxylation is 1. The number of hydrogen-bond acceptors (Lipinski definition) is 3. The molecule has 0 saturated heterocycles. The summed E-state index contributed by atoms with van der Waals surface area (Å²) in [6, 6.07) is 7.95. The second-order valence-electron chi connectivity index (χ2n) is 4.01. The summed E-state index contributed by atoms with van der Waals surface area (Å²) in [5.41, 5.74) is 3.49. The normalized spacial score (nSPS) is 10.2. The highest BCUT2D eigenvalue weighted by Gasteiger charge is 2.02. The molecule has 1 aromatic heterocycles. The number of benzene rings is 1. The highest BCUT2D eigenvalue weighted by Crippen LogP contribution is 2.27. The minimum atomic E-state index is 0.762. The Kier molecular flexibility index (Phi) is 4.20. The number of nitrogens with zero attached hydrogens (tertiary/aromatic N) is 1. The molecule has 1 aromatic carbocycles. The van der Waals surface area contributed by atoms with Crippen molar-refractivity contribution in [3.63, 3.8) is 0 Å². The first-order valence-electron chi connectivity index (χ1n) is 5.67. The molecule has 0 bridgehead atoms. The molecule has 94 valence electrons. The van der Waals surface area contributed by atoms with Crippen molar-refractivity contribution in [3.05, 3.63) is 52.3 Å². The molecule has 1 N–H and O–H groups in total. The molecule has 0 atom stereocenters. The van der Waals surface area contributed by atoms with E-state index in [9.17, 15) is 0 Å². The van der Waals surface area contributed by atoms with Crippen LogP contribution in [0.25, 0.3) is 0 Å². The molecule has 1 heterocycles. The van der Waals surface area contributed by atoms with E-state index in [1.165, 1.54) is 11.1 Å². The molecule has 0 saturated carbocycles. The monoisotopic (exact) mass is 306 g/mol. The van der Waals surface area contributed by atoms with E-state index in [0.29, 0.717) is 0 Å². The number of ether oxygens (including phenoxy) is 1. The highest BCUT2D eigenvalue weighted by atomic mass is 79.9. The van der Waals surface area contributed by atoms with Crippen LogP contribution in [-0.2, 0) is 6.54 Å². The van der Waals surface area contributed by atoms with Crippen molar-refractivity contribution in [1.29, 1.82) is 0 Å². The maximum absolute atomic E-state index is 5.20. The van der Waals surface area contributed by atoms with Crippen molar-refractivity contribution in [3.8, 4) is 5.75 Å². The average Bonchev–Trinajstić information content (AvgIpc) is 2.38.